The molecule has 0 aliphatic rings. The SMILES string of the molecule is CC(=O)Nc1cc(NC(C)=O)cc(C(=O)NCCCn2c(C)nc3ccccc32)c1. The molecule has 0 saturated heterocycles. The Morgan fingerprint density at radius 1 is 0.967 bits per heavy atom. The standard InChI is InChI=1S/C22H25N5O3/c1-14-24-20-7-4-5-8-21(20)27(14)10-6-9-23-22(30)17-11-18(25-15(2)28)13-19(12-17)26-16(3)29/h4-5,7-8,11-13H,6,9-10H2,1-3H3,(H,23,30)(H,25,28)(H,26,29). The lowest BCUT2D eigenvalue weighted by molar-refractivity contribution is -0.115. The van der Waals surface area contributed by atoms with E-state index < -0.39 is 0 Å². The summed E-state index contributed by atoms with van der Waals surface area (Å²) in [4.78, 5) is 39.9. The Balaban J connectivity index is 1.64. The van der Waals surface area contributed by atoms with Crippen LogP contribution in [0.1, 0.15) is 36.5 Å². The van der Waals surface area contributed by atoms with Crippen LogP contribution in [-0.2, 0) is 16.1 Å². The Kier molecular flexibility index (Phi) is 6.46. The number of anilines is 2. The second-order valence-electron chi connectivity index (χ2n) is 7.07. The van der Waals surface area contributed by atoms with Crippen LogP contribution >= 0.6 is 0 Å². The van der Waals surface area contributed by atoms with Gasteiger partial charge in [-0.3, -0.25) is 14.4 Å². The molecule has 8 heteroatoms. The van der Waals surface area contributed by atoms with Gasteiger partial charge >= 0.3 is 0 Å². The maximum atomic E-state index is 12.6. The van der Waals surface area contributed by atoms with Crippen molar-refractivity contribution in [3.05, 3.63) is 53.9 Å². The fourth-order valence-corrected chi connectivity index (χ4v) is 3.33. The number of aromatic nitrogens is 2. The van der Waals surface area contributed by atoms with Crippen LogP contribution in [0.25, 0.3) is 11.0 Å². The molecule has 0 spiro atoms. The fraction of sp³-hybridized carbons (Fsp3) is 0.273. The van der Waals surface area contributed by atoms with Gasteiger partial charge in [-0.2, -0.15) is 0 Å². The number of rotatable bonds is 7. The van der Waals surface area contributed by atoms with Gasteiger partial charge in [0.15, 0.2) is 0 Å². The molecule has 0 aliphatic heterocycles. The number of hydrogen-bond donors (Lipinski definition) is 3. The van der Waals surface area contributed by atoms with Crippen molar-refractivity contribution in [2.45, 2.75) is 33.7 Å². The molecule has 0 unspecified atom stereocenters. The predicted molar refractivity (Wildman–Crippen MR) is 116 cm³/mol. The maximum Gasteiger partial charge on any atom is 0.251 e. The van der Waals surface area contributed by atoms with E-state index in [1.807, 2.05) is 31.2 Å². The summed E-state index contributed by atoms with van der Waals surface area (Å²) >= 11 is 0. The second-order valence-corrected chi connectivity index (χ2v) is 7.07. The van der Waals surface area contributed by atoms with Crippen molar-refractivity contribution in [1.82, 2.24) is 14.9 Å². The van der Waals surface area contributed by atoms with Gasteiger partial charge < -0.3 is 20.5 Å². The van der Waals surface area contributed by atoms with Crippen molar-refractivity contribution in [3.63, 3.8) is 0 Å². The average molecular weight is 407 g/mol. The third kappa shape index (κ3) is 5.22. The number of carbonyl (C=O) groups excluding carboxylic acids is 3. The minimum Gasteiger partial charge on any atom is -0.352 e. The number of nitrogens with zero attached hydrogens (tertiary/aromatic N) is 2. The Morgan fingerprint density at radius 3 is 2.23 bits per heavy atom. The summed E-state index contributed by atoms with van der Waals surface area (Å²) in [5.74, 6) is 0.139. The molecular weight excluding hydrogens is 382 g/mol. The third-order valence-electron chi connectivity index (χ3n) is 4.53. The van der Waals surface area contributed by atoms with Crippen LogP contribution in [0.5, 0.6) is 0 Å². The number of hydrogen-bond acceptors (Lipinski definition) is 4. The van der Waals surface area contributed by atoms with Crippen LogP contribution in [0.4, 0.5) is 11.4 Å². The Bertz CT molecular complexity index is 1070. The van der Waals surface area contributed by atoms with E-state index in [4.69, 9.17) is 0 Å². The largest absolute Gasteiger partial charge is 0.352 e. The highest BCUT2D eigenvalue weighted by atomic mass is 16.2. The molecule has 0 atom stereocenters. The second kappa shape index (κ2) is 9.21. The number of nitrogens with one attached hydrogen (secondary N) is 3. The van der Waals surface area contributed by atoms with Crippen LogP contribution < -0.4 is 16.0 Å². The quantitative estimate of drug-likeness (QED) is 0.524. The number of fused-ring (bicyclic) bond motifs is 1. The van der Waals surface area contributed by atoms with Gasteiger partial charge in [-0.15, -0.1) is 0 Å². The van der Waals surface area contributed by atoms with Gasteiger partial charge in [0, 0.05) is 43.9 Å². The molecule has 3 amide bonds. The van der Waals surface area contributed by atoms with Gasteiger partial charge in [0.25, 0.3) is 5.91 Å². The van der Waals surface area contributed by atoms with E-state index in [1.54, 1.807) is 18.2 Å². The zero-order valence-corrected chi connectivity index (χ0v) is 17.3. The molecule has 30 heavy (non-hydrogen) atoms. The number of carbonyl (C=O) groups is 3. The summed E-state index contributed by atoms with van der Waals surface area (Å²) < 4.78 is 2.13. The van der Waals surface area contributed by atoms with Gasteiger partial charge in [-0.05, 0) is 43.7 Å². The minimum atomic E-state index is -0.277. The first-order chi connectivity index (χ1) is 14.3. The molecule has 0 bridgehead atoms. The molecule has 0 fully saturated rings. The van der Waals surface area contributed by atoms with E-state index in [0.29, 0.717) is 23.5 Å². The van der Waals surface area contributed by atoms with Crippen LogP contribution in [-0.4, -0.2) is 33.8 Å². The van der Waals surface area contributed by atoms with E-state index in [-0.39, 0.29) is 17.7 Å². The summed E-state index contributed by atoms with van der Waals surface area (Å²) in [6, 6.07) is 12.7. The van der Waals surface area contributed by atoms with E-state index in [2.05, 4.69) is 25.5 Å². The molecular formula is C22H25N5O3. The fourth-order valence-electron chi connectivity index (χ4n) is 3.33. The number of imidazole rings is 1. The third-order valence-corrected chi connectivity index (χ3v) is 4.53. The van der Waals surface area contributed by atoms with Crippen molar-refractivity contribution in [2.75, 3.05) is 17.2 Å². The summed E-state index contributed by atoms with van der Waals surface area (Å²) in [7, 11) is 0. The first-order valence-electron chi connectivity index (χ1n) is 9.74. The Labute approximate surface area is 174 Å². The van der Waals surface area contributed by atoms with E-state index in [9.17, 15) is 14.4 Å². The molecule has 3 N–H and O–H groups in total. The van der Waals surface area contributed by atoms with Crippen LogP contribution in [0.3, 0.4) is 0 Å². The molecule has 1 aromatic heterocycles. The molecule has 2 aromatic carbocycles. The van der Waals surface area contributed by atoms with Crippen molar-refractivity contribution in [1.29, 1.82) is 0 Å². The molecule has 0 aliphatic carbocycles. The molecule has 156 valence electrons. The molecule has 1 heterocycles. The van der Waals surface area contributed by atoms with Crippen LogP contribution in [0, 0.1) is 6.92 Å². The molecule has 0 radical (unpaired) electrons. The molecule has 0 saturated carbocycles. The molecule has 8 nitrogen and oxygen atoms in total. The van der Waals surface area contributed by atoms with Crippen molar-refractivity contribution >= 4 is 40.1 Å². The Morgan fingerprint density at radius 2 is 1.60 bits per heavy atom. The first kappa shape index (κ1) is 21.0. The van der Waals surface area contributed by atoms with Crippen molar-refractivity contribution < 1.29 is 14.4 Å². The highest BCUT2D eigenvalue weighted by molar-refractivity contribution is 5.99. The predicted octanol–water partition coefficient (Wildman–Crippen LogP) is 3.08. The van der Waals surface area contributed by atoms with Gasteiger partial charge in [-0.1, -0.05) is 12.1 Å². The van der Waals surface area contributed by atoms with E-state index in [1.165, 1.54) is 13.8 Å². The zero-order chi connectivity index (χ0) is 21.7. The smallest absolute Gasteiger partial charge is 0.251 e. The minimum absolute atomic E-state index is 0.260. The average Bonchev–Trinajstić information content (AvgIpc) is 2.99. The lowest BCUT2D eigenvalue weighted by atomic mass is 10.1. The summed E-state index contributed by atoms with van der Waals surface area (Å²) in [5, 5.41) is 8.18. The number of amides is 3. The van der Waals surface area contributed by atoms with Crippen LogP contribution in [0.15, 0.2) is 42.5 Å². The lowest BCUT2D eigenvalue weighted by Gasteiger charge is -2.12. The first-order valence-corrected chi connectivity index (χ1v) is 9.74. The van der Waals surface area contributed by atoms with E-state index >= 15 is 0 Å². The Hall–Kier alpha value is -3.68. The highest BCUT2D eigenvalue weighted by Crippen LogP contribution is 2.20. The van der Waals surface area contributed by atoms with Gasteiger partial charge in [0.05, 0.1) is 11.0 Å². The molecule has 3 aromatic rings. The van der Waals surface area contributed by atoms with Gasteiger partial charge in [-0.25, -0.2) is 4.98 Å². The maximum absolute atomic E-state index is 12.6. The van der Waals surface area contributed by atoms with Gasteiger partial charge in [0.1, 0.15) is 5.82 Å². The van der Waals surface area contributed by atoms with Crippen LogP contribution in [0.2, 0.25) is 0 Å². The summed E-state index contributed by atoms with van der Waals surface area (Å²) in [6.45, 7) is 5.94. The topological polar surface area (TPSA) is 105 Å². The molecule has 3 rings (SSSR count). The highest BCUT2D eigenvalue weighted by Gasteiger charge is 2.11. The lowest BCUT2D eigenvalue weighted by Crippen LogP contribution is -2.25. The van der Waals surface area contributed by atoms with Crippen molar-refractivity contribution in [2.24, 2.45) is 0 Å². The number of benzene rings is 2. The summed E-state index contributed by atoms with van der Waals surface area (Å²) in [5.41, 5.74) is 3.27. The number of aryl methyl sites for hydroxylation is 2. The van der Waals surface area contributed by atoms with E-state index in [0.717, 1.165) is 29.8 Å². The normalized spacial score (nSPS) is 10.6. The van der Waals surface area contributed by atoms with Gasteiger partial charge in [0.2, 0.25) is 11.8 Å². The summed E-state index contributed by atoms with van der Waals surface area (Å²) in [6.07, 6.45) is 0.733. The van der Waals surface area contributed by atoms with Crippen molar-refractivity contribution in [3.8, 4) is 0 Å². The number of para-hydroxylation sites is 2. The zero-order valence-electron chi connectivity index (χ0n) is 17.3. The monoisotopic (exact) mass is 407 g/mol.